The monoisotopic (exact) mass is 308 g/mol. The maximum atomic E-state index is 12.3. The quantitative estimate of drug-likeness (QED) is 0.692. The Bertz CT molecular complexity index is 870. The third-order valence-corrected chi connectivity index (χ3v) is 3.38. The summed E-state index contributed by atoms with van der Waals surface area (Å²) >= 11 is 0. The number of aromatic amines is 1. The van der Waals surface area contributed by atoms with Crippen molar-refractivity contribution >= 4 is 28.7 Å². The molecule has 2 heterocycles. The summed E-state index contributed by atoms with van der Waals surface area (Å²) in [5.74, 6) is -0.0593. The highest BCUT2D eigenvalue weighted by Gasteiger charge is 2.11. The molecule has 3 aromatic rings. The van der Waals surface area contributed by atoms with Crippen molar-refractivity contribution in [3.05, 3.63) is 59.8 Å². The van der Waals surface area contributed by atoms with E-state index in [0.717, 1.165) is 5.39 Å². The summed E-state index contributed by atoms with van der Waals surface area (Å²) in [7, 11) is 0. The average molecular weight is 308 g/mol. The molecule has 116 valence electrons. The molecule has 0 aliphatic rings. The van der Waals surface area contributed by atoms with Crippen LogP contribution in [0.5, 0.6) is 0 Å². The third kappa shape index (κ3) is 3.21. The van der Waals surface area contributed by atoms with Crippen LogP contribution in [-0.2, 0) is 0 Å². The third-order valence-electron chi connectivity index (χ3n) is 3.38. The summed E-state index contributed by atoms with van der Waals surface area (Å²) in [5.41, 5.74) is 1.56. The number of pyridine rings is 1. The van der Waals surface area contributed by atoms with Gasteiger partial charge < -0.3 is 15.6 Å². The first-order chi connectivity index (χ1) is 11.2. The Balaban J connectivity index is 1.79. The lowest BCUT2D eigenvalue weighted by molar-refractivity contribution is 0.0956. The second-order valence-electron chi connectivity index (χ2n) is 5.01. The van der Waals surface area contributed by atoms with Gasteiger partial charge in [0.25, 0.3) is 11.8 Å². The van der Waals surface area contributed by atoms with Gasteiger partial charge >= 0.3 is 0 Å². The molecule has 3 N–H and O–H groups in total. The van der Waals surface area contributed by atoms with Gasteiger partial charge in [-0.15, -0.1) is 0 Å². The first-order valence-corrected chi connectivity index (χ1v) is 7.31. The number of nitrogens with zero attached hydrogens (tertiary/aromatic N) is 1. The second kappa shape index (κ2) is 6.31. The van der Waals surface area contributed by atoms with Crippen LogP contribution >= 0.6 is 0 Å². The van der Waals surface area contributed by atoms with Crippen LogP contribution in [0, 0.1) is 0 Å². The fourth-order valence-corrected chi connectivity index (χ4v) is 2.25. The number of hydrogen-bond acceptors (Lipinski definition) is 3. The largest absolute Gasteiger partial charge is 0.352 e. The van der Waals surface area contributed by atoms with Crippen LogP contribution in [0.15, 0.2) is 48.7 Å². The Hall–Kier alpha value is -3.15. The lowest BCUT2D eigenvalue weighted by Crippen LogP contribution is -2.23. The molecule has 6 heteroatoms. The molecule has 0 bridgehead atoms. The maximum absolute atomic E-state index is 12.3. The Kier molecular flexibility index (Phi) is 4.05. The highest BCUT2D eigenvalue weighted by Crippen LogP contribution is 2.14. The van der Waals surface area contributed by atoms with E-state index in [-0.39, 0.29) is 11.8 Å². The summed E-state index contributed by atoms with van der Waals surface area (Å²) in [6, 6.07) is 12.1. The second-order valence-corrected chi connectivity index (χ2v) is 5.01. The number of nitrogens with one attached hydrogen (secondary N) is 3. The van der Waals surface area contributed by atoms with Crippen LogP contribution in [0.25, 0.3) is 11.0 Å². The summed E-state index contributed by atoms with van der Waals surface area (Å²) in [6.07, 6.45) is 1.79. The topological polar surface area (TPSA) is 86.9 Å². The van der Waals surface area contributed by atoms with Crippen molar-refractivity contribution in [3.8, 4) is 0 Å². The van der Waals surface area contributed by atoms with Gasteiger partial charge in [0.15, 0.2) is 0 Å². The van der Waals surface area contributed by atoms with Crippen molar-refractivity contribution in [2.75, 3.05) is 11.9 Å². The minimum Gasteiger partial charge on any atom is -0.352 e. The number of carbonyl (C=O) groups excluding carboxylic acids is 2. The Morgan fingerprint density at radius 3 is 2.65 bits per heavy atom. The number of aromatic nitrogens is 2. The van der Waals surface area contributed by atoms with E-state index in [2.05, 4.69) is 20.6 Å². The zero-order valence-corrected chi connectivity index (χ0v) is 12.6. The van der Waals surface area contributed by atoms with Gasteiger partial charge in [-0.1, -0.05) is 6.07 Å². The van der Waals surface area contributed by atoms with Crippen molar-refractivity contribution in [2.24, 2.45) is 0 Å². The number of hydrogen-bond donors (Lipinski definition) is 3. The van der Waals surface area contributed by atoms with Gasteiger partial charge in [-0.2, -0.15) is 0 Å². The summed E-state index contributed by atoms with van der Waals surface area (Å²) in [6.45, 7) is 2.38. The van der Waals surface area contributed by atoms with Crippen molar-refractivity contribution in [1.29, 1.82) is 0 Å². The smallest absolute Gasteiger partial charge is 0.256 e. The Morgan fingerprint density at radius 1 is 1.09 bits per heavy atom. The van der Waals surface area contributed by atoms with E-state index in [1.54, 1.807) is 36.5 Å². The minimum absolute atomic E-state index is 0.201. The zero-order chi connectivity index (χ0) is 16.2. The number of carbonyl (C=O) groups is 2. The van der Waals surface area contributed by atoms with E-state index < -0.39 is 0 Å². The molecule has 0 saturated heterocycles. The van der Waals surface area contributed by atoms with Crippen LogP contribution < -0.4 is 10.6 Å². The predicted octanol–water partition coefficient (Wildman–Crippen LogP) is 2.56. The van der Waals surface area contributed by atoms with Crippen molar-refractivity contribution in [1.82, 2.24) is 15.3 Å². The number of amides is 2. The molecule has 1 aromatic carbocycles. The molecule has 0 saturated carbocycles. The molecule has 2 amide bonds. The molecule has 0 radical (unpaired) electrons. The van der Waals surface area contributed by atoms with Gasteiger partial charge in [0.1, 0.15) is 11.5 Å². The summed E-state index contributed by atoms with van der Waals surface area (Å²) in [4.78, 5) is 31.5. The zero-order valence-electron chi connectivity index (χ0n) is 12.6. The SMILES string of the molecule is CCNC(=O)c1cccc(C(=O)Nc2ccc3cc[nH]c3n2)c1. The number of fused-ring (bicyclic) bond motifs is 1. The predicted molar refractivity (Wildman–Crippen MR) is 88.5 cm³/mol. The number of benzene rings is 1. The maximum Gasteiger partial charge on any atom is 0.256 e. The minimum atomic E-state index is -0.311. The first-order valence-electron chi connectivity index (χ1n) is 7.31. The molecule has 0 spiro atoms. The van der Waals surface area contributed by atoms with Crippen LogP contribution in [0.1, 0.15) is 27.6 Å². The number of anilines is 1. The van der Waals surface area contributed by atoms with Gasteiger partial charge in [-0.3, -0.25) is 9.59 Å². The lowest BCUT2D eigenvalue weighted by Gasteiger charge is -2.07. The van der Waals surface area contributed by atoms with Gasteiger partial charge in [-0.25, -0.2) is 4.98 Å². The molecule has 0 fully saturated rings. The van der Waals surface area contributed by atoms with E-state index in [1.807, 2.05) is 19.1 Å². The number of H-pyrrole nitrogens is 1. The molecule has 0 aliphatic carbocycles. The van der Waals surface area contributed by atoms with Gasteiger partial charge in [0.05, 0.1) is 0 Å². The Labute approximate surface area is 132 Å². The molecule has 0 aliphatic heterocycles. The van der Waals surface area contributed by atoms with Crippen molar-refractivity contribution < 1.29 is 9.59 Å². The first kappa shape index (κ1) is 14.8. The van der Waals surface area contributed by atoms with Gasteiger partial charge in [0.2, 0.25) is 0 Å². The molecule has 0 atom stereocenters. The summed E-state index contributed by atoms with van der Waals surface area (Å²) in [5, 5.41) is 6.42. The van der Waals surface area contributed by atoms with Gasteiger partial charge in [-0.05, 0) is 43.3 Å². The van der Waals surface area contributed by atoms with E-state index in [4.69, 9.17) is 0 Å². The standard InChI is InChI=1S/C17H16N4O2/c1-2-18-16(22)12-4-3-5-13(10-12)17(23)21-14-7-6-11-8-9-19-15(11)20-14/h3-10H,2H2,1H3,(H,18,22)(H2,19,20,21,23). The molecule has 3 rings (SSSR count). The lowest BCUT2D eigenvalue weighted by atomic mass is 10.1. The highest BCUT2D eigenvalue weighted by molar-refractivity contribution is 6.06. The van der Waals surface area contributed by atoms with Gasteiger partial charge in [0, 0.05) is 29.3 Å². The fourth-order valence-electron chi connectivity index (χ4n) is 2.25. The summed E-state index contributed by atoms with van der Waals surface area (Å²) < 4.78 is 0. The van der Waals surface area contributed by atoms with E-state index in [1.165, 1.54) is 0 Å². The van der Waals surface area contributed by atoms with E-state index in [9.17, 15) is 9.59 Å². The fraction of sp³-hybridized carbons (Fsp3) is 0.118. The van der Waals surface area contributed by atoms with Crippen molar-refractivity contribution in [3.63, 3.8) is 0 Å². The van der Waals surface area contributed by atoms with E-state index >= 15 is 0 Å². The molecule has 23 heavy (non-hydrogen) atoms. The molecule has 6 nitrogen and oxygen atoms in total. The van der Waals surface area contributed by atoms with Crippen LogP contribution in [-0.4, -0.2) is 28.3 Å². The van der Waals surface area contributed by atoms with Crippen LogP contribution in [0.2, 0.25) is 0 Å². The van der Waals surface area contributed by atoms with Crippen molar-refractivity contribution in [2.45, 2.75) is 6.92 Å². The number of rotatable bonds is 4. The Morgan fingerprint density at radius 2 is 1.87 bits per heavy atom. The van der Waals surface area contributed by atoms with E-state index in [0.29, 0.717) is 29.1 Å². The molecule has 0 unspecified atom stereocenters. The molecular weight excluding hydrogens is 292 g/mol. The molecule has 2 aromatic heterocycles. The molecular formula is C17H16N4O2. The average Bonchev–Trinajstić information content (AvgIpc) is 3.03. The normalized spacial score (nSPS) is 10.5. The van der Waals surface area contributed by atoms with Crippen LogP contribution in [0.4, 0.5) is 5.82 Å². The van der Waals surface area contributed by atoms with Crippen LogP contribution in [0.3, 0.4) is 0 Å². The highest BCUT2D eigenvalue weighted by atomic mass is 16.2.